The average Bonchev–Trinajstić information content (AvgIpc) is 1.55. The van der Waals surface area contributed by atoms with Crippen molar-refractivity contribution in [2.75, 3.05) is 0 Å². The van der Waals surface area contributed by atoms with Crippen molar-refractivity contribution in [3.05, 3.63) is 430 Å². The lowest BCUT2D eigenvalue weighted by molar-refractivity contribution is 1.15. The van der Waals surface area contributed by atoms with Crippen molar-refractivity contribution in [1.29, 1.82) is 0 Å². The van der Waals surface area contributed by atoms with Crippen LogP contribution >= 0.6 is 0 Å². The van der Waals surface area contributed by atoms with Crippen LogP contribution in [-0.2, 0) is 51.4 Å². The van der Waals surface area contributed by atoms with Gasteiger partial charge in [-0.2, -0.15) is 0 Å². The first-order chi connectivity index (χ1) is 69.5. The third kappa shape index (κ3) is 10.1. The monoisotopic (exact) mass is 1780 g/mol. The van der Waals surface area contributed by atoms with E-state index in [1.54, 1.807) is 0 Å². The maximum atomic E-state index is 5.13. The van der Waals surface area contributed by atoms with Crippen molar-refractivity contribution < 1.29 is 0 Å². The number of rotatable bonds is 0. The Balaban J connectivity index is 0.0000000829. The molecule has 648 valence electrons. The summed E-state index contributed by atoms with van der Waals surface area (Å²) in [7, 11) is 0. The van der Waals surface area contributed by atoms with Gasteiger partial charge in [-0.25, -0.2) is 39.9 Å². The van der Waals surface area contributed by atoms with Crippen LogP contribution in [0.1, 0.15) is 89.0 Å². The topological polar surface area (TPSA) is 172 Å². The highest BCUT2D eigenvalue weighted by atomic mass is 15.1. The number of imidazole rings is 4. The zero-order valence-electron chi connectivity index (χ0n) is 75.1. The first kappa shape index (κ1) is 75.1. The minimum absolute atomic E-state index is 0.879. The molecule has 0 aliphatic heterocycles. The summed E-state index contributed by atoms with van der Waals surface area (Å²) in [5, 5.41) is 10.9. The van der Waals surface area contributed by atoms with Crippen LogP contribution in [0.3, 0.4) is 0 Å². The molecule has 0 unspecified atom stereocenters. The zero-order chi connectivity index (χ0) is 90.7. The summed E-state index contributed by atoms with van der Waals surface area (Å²) in [6.45, 7) is 0. The van der Waals surface area contributed by atoms with Crippen LogP contribution in [0.25, 0.3) is 243 Å². The van der Waals surface area contributed by atoms with Gasteiger partial charge in [0, 0.05) is 136 Å². The van der Waals surface area contributed by atoms with Gasteiger partial charge in [0.15, 0.2) is 5.65 Å². The van der Waals surface area contributed by atoms with Crippen LogP contribution in [-0.4, -0.2) is 77.4 Å². The van der Waals surface area contributed by atoms with Crippen LogP contribution < -0.4 is 0 Å². The first-order valence-corrected chi connectivity index (χ1v) is 48.2. The van der Waals surface area contributed by atoms with Gasteiger partial charge in [-0.3, -0.25) is 37.5 Å². The summed E-state index contributed by atoms with van der Waals surface area (Å²) in [6.07, 6.45) is 26.5. The van der Waals surface area contributed by atoms with Gasteiger partial charge in [-0.15, -0.1) is 0 Å². The molecule has 0 saturated heterocycles. The van der Waals surface area contributed by atoms with Gasteiger partial charge >= 0.3 is 0 Å². The smallest absolute Gasteiger partial charge is 0.166 e. The second-order valence-corrected chi connectivity index (χ2v) is 38.6. The summed E-state index contributed by atoms with van der Waals surface area (Å²) >= 11 is 0. The predicted octanol–water partition coefficient (Wildman–Crippen LogP) is 26.9. The van der Waals surface area contributed by atoms with E-state index in [-0.39, 0.29) is 0 Å². The summed E-state index contributed by atoms with van der Waals surface area (Å²) in [4.78, 5) is 58.1. The highest BCUT2D eigenvalue weighted by Gasteiger charge is 2.38. The lowest BCUT2D eigenvalue weighted by Gasteiger charge is -2.09. The van der Waals surface area contributed by atoms with Gasteiger partial charge in [0.05, 0.1) is 49.7 Å². The Morgan fingerprint density at radius 1 is 0.157 bits per heavy atom. The molecule has 0 spiro atoms. The second kappa shape index (κ2) is 27.7. The number of pyridine rings is 12. The second-order valence-electron chi connectivity index (χ2n) is 38.6. The van der Waals surface area contributed by atoms with E-state index in [1.165, 1.54) is 195 Å². The number of hydrogen-bond donors (Lipinski definition) is 0. The van der Waals surface area contributed by atoms with Gasteiger partial charge in [-0.05, 0) is 312 Å². The molecule has 0 atom stereocenters. The molecular weight excluding hydrogens is 1710 g/mol. The predicted molar refractivity (Wildman–Crippen MR) is 559 cm³/mol. The SMILES string of the molecule is c1ccc2c(c1)Cc1c-2ccc2c1Cc1c-2ccc2nc3c4cccnc4c4cccnc4n3c12.c1ccc2c(c1)Cc1c-2ccc2c1Cc1c-2ccc2nc3c4ccncc4c4cccnc4n3c12.c1ccc2c(c1)Cc1c-2ccc2c1Cc1c-2ccc2nc3c4cnccc4c4cccnc4n3c12.c1ccc2c(c1)Cc1c-2ccc2c1Cc1c-2ccc2nc3c4ncccc4c4cccnc4n3c12. The molecule has 12 aromatic carbocycles. The van der Waals surface area contributed by atoms with Gasteiger partial charge in [0.1, 0.15) is 45.0 Å². The summed E-state index contributed by atoms with van der Waals surface area (Å²) in [5.74, 6) is 0. The van der Waals surface area contributed by atoms with Gasteiger partial charge < -0.3 is 0 Å². The maximum Gasteiger partial charge on any atom is 0.166 e. The molecule has 28 aromatic rings. The third-order valence-electron chi connectivity index (χ3n) is 32.0. The molecule has 0 radical (unpaired) electrons. The lowest BCUT2D eigenvalue weighted by Crippen LogP contribution is -1.97. The molecule has 0 N–H and O–H groups in total. The molecule has 16 heterocycles. The van der Waals surface area contributed by atoms with Crippen molar-refractivity contribution in [3.63, 3.8) is 0 Å². The average molecular weight is 1790 g/mol. The Bertz CT molecular complexity index is 9460. The molecule has 0 saturated carbocycles. The van der Waals surface area contributed by atoms with E-state index >= 15 is 0 Å². The molecule has 0 amide bonds. The normalized spacial score (nSPS) is 13.5. The molecule has 16 heteroatoms. The fourth-order valence-electron chi connectivity index (χ4n) is 26.1. The summed E-state index contributed by atoms with van der Waals surface area (Å²) < 4.78 is 9.08. The number of fused-ring (bicyclic) bond motifs is 64. The Hall–Kier alpha value is -18.3. The quantitative estimate of drug-likeness (QED) is 0.132. The van der Waals surface area contributed by atoms with Crippen molar-refractivity contribution in [2.45, 2.75) is 51.4 Å². The number of benzene rings is 12. The first-order valence-electron chi connectivity index (χ1n) is 48.2. The van der Waals surface area contributed by atoms with Crippen LogP contribution in [0.15, 0.2) is 341 Å². The number of aromatic nitrogens is 16. The molecule has 16 aromatic heterocycles. The molecule has 140 heavy (non-hydrogen) atoms. The van der Waals surface area contributed by atoms with Crippen molar-refractivity contribution in [1.82, 2.24) is 77.4 Å². The van der Waals surface area contributed by atoms with Crippen molar-refractivity contribution >= 4 is 154 Å². The van der Waals surface area contributed by atoms with Crippen molar-refractivity contribution in [3.8, 4) is 89.0 Å². The van der Waals surface area contributed by atoms with E-state index in [0.29, 0.717) is 0 Å². The van der Waals surface area contributed by atoms with E-state index in [9.17, 15) is 0 Å². The summed E-state index contributed by atoms with van der Waals surface area (Å²) in [6, 6.07) is 101. The van der Waals surface area contributed by atoms with E-state index in [1.807, 2.05) is 98.4 Å². The van der Waals surface area contributed by atoms with Crippen molar-refractivity contribution in [2.24, 2.45) is 0 Å². The fraction of sp³-hybridized carbons (Fsp3) is 0.0645. The maximum absolute atomic E-state index is 5.13. The molecular formula is C124H72N16. The van der Waals surface area contributed by atoms with E-state index in [4.69, 9.17) is 49.8 Å². The Morgan fingerprint density at radius 3 is 0.814 bits per heavy atom. The molecule has 8 aliphatic rings. The minimum Gasteiger partial charge on any atom is -0.275 e. The molecule has 8 aliphatic carbocycles. The number of hydrogen-bond acceptors (Lipinski definition) is 12. The van der Waals surface area contributed by atoms with Gasteiger partial charge in [0.25, 0.3) is 0 Å². The Kier molecular flexibility index (Phi) is 14.9. The standard InChI is InChI=1S/4C31H18N4/c1-2-6-18-17(5-1)15-24-19(18)9-10-20-21-11-12-27-29(26(21)16-25(20)24)35-30-22(7-4-14-33-30)28-23(31(35)34-27)8-3-13-32-28;1-2-6-18-17(5-1)15-24-19(18)9-10-20-21-11-12-27-29(26(21)16-25(20)24)35-30-23(8-4-14-33-30)22-7-3-13-32-28(22)31(35)34-27;1-2-5-18-17(4-1)14-24-19(18)7-8-20-21-9-10-28-29(26(21)15-25(20)24)35-30-23(6-3-12-33-30)22-11-13-32-16-27(22)31(35)34-28;1-2-5-18-17(4-1)14-24-19(18)7-8-20-21-9-10-28-29(26(21)15-25(20)24)35-30-22(6-3-12-33-30)27-16-32-13-11-23(27)31(35)34-28/h2*1-14H,15-16H2;2*1-13,16H,14-15H2. The fourth-order valence-corrected chi connectivity index (χ4v) is 26.1. The van der Waals surface area contributed by atoms with Crippen LogP contribution in [0.5, 0.6) is 0 Å². The molecule has 0 bridgehead atoms. The lowest BCUT2D eigenvalue weighted by atomic mass is 9.96. The minimum atomic E-state index is 0.879. The number of nitrogens with zero attached hydrogens (tertiary/aromatic N) is 16. The third-order valence-corrected chi connectivity index (χ3v) is 32.0. The molecule has 0 fully saturated rings. The van der Waals surface area contributed by atoms with Crippen LogP contribution in [0.4, 0.5) is 0 Å². The zero-order valence-corrected chi connectivity index (χ0v) is 75.1. The summed E-state index contributed by atoms with van der Waals surface area (Å²) in [5.41, 5.74) is 62.8. The van der Waals surface area contributed by atoms with Gasteiger partial charge in [-0.1, -0.05) is 176 Å². The Labute approximate surface area is 796 Å². The van der Waals surface area contributed by atoms with E-state index < -0.39 is 0 Å². The largest absolute Gasteiger partial charge is 0.275 e. The highest BCUT2D eigenvalue weighted by Crippen LogP contribution is 2.55. The molecule has 36 rings (SSSR count). The van der Waals surface area contributed by atoms with Gasteiger partial charge in [0.2, 0.25) is 0 Å². The van der Waals surface area contributed by atoms with Crippen LogP contribution in [0.2, 0.25) is 0 Å². The highest BCUT2D eigenvalue weighted by molar-refractivity contribution is 6.18. The Morgan fingerprint density at radius 2 is 0.414 bits per heavy atom. The van der Waals surface area contributed by atoms with Crippen LogP contribution in [0, 0.1) is 0 Å². The van der Waals surface area contributed by atoms with E-state index in [0.717, 1.165) is 189 Å². The van der Waals surface area contributed by atoms with E-state index in [2.05, 4.69) is 270 Å². The molecule has 16 nitrogen and oxygen atoms in total.